The van der Waals surface area contributed by atoms with Crippen molar-refractivity contribution in [2.45, 2.75) is 6.54 Å². The molecule has 0 atom stereocenters. The van der Waals surface area contributed by atoms with Crippen molar-refractivity contribution in [3.63, 3.8) is 0 Å². The molecule has 0 radical (unpaired) electrons. The number of benzene rings is 2. The lowest BCUT2D eigenvalue weighted by Crippen LogP contribution is -2.26. The van der Waals surface area contributed by atoms with E-state index in [4.69, 9.17) is 4.74 Å². The molecular formula is C19H16FN3O3. The average molecular weight is 353 g/mol. The third kappa shape index (κ3) is 3.94. The van der Waals surface area contributed by atoms with Gasteiger partial charge in [-0.2, -0.15) is 5.10 Å². The van der Waals surface area contributed by atoms with Crippen LogP contribution in [0, 0.1) is 5.82 Å². The van der Waals surface area contributed by atoms with Gasteiger partial charge in [0.1, 0.15) is 17.3 Å². The molecule has 0 bridgehead atoms. The quantitative estimate of drug-likeness (QED) is 0.765. The van der Waals surface area contributed by atoms with Gasteiger partial charge in [-0.25, -0.2) is 9.07 Å². The Labute approximate surface area is 148 Å². The van der Waals surface area contributed by atoms with Crippen LogP contribution in [0.15, 0.2) is 65.5 Å². The molecule has 0 fully saturated rings. The number of halogens is 1. The highest BCUT2D eigenvalue weighted by molar-refractivity contribution is 6.03. The Morgan fingerprint density at radius 3 is 2.58 bits per heavy atom. The van der Waals surface area contributed by atoms with E-state index in [0.29, 0.717) is 17.0 Å². The van der Waals surface area contributed by atoms with E-state index >= 15 is 0 Å². The summed E-state index contributed by atoms with van der Waals surface area (Å²) in [6.07, 6.45) is 0. The van der Waals surface area contributed by atoms with E-state index in [1.807, 2.05) is 0 Å². The van der Waals surface area contributed by atoms with Gasteiger partial charge in [-0.3, -0.25) is 9.59 Å². The predicted octanol–water partition coefficient (Wildman–Crippen LogP) is 2.69. The zero-order chi connectivity index (χ0) is 18.5. The standard InChI is InChI=1S/C19H16FN3O3/c1-26-17-5-3-2-4-15(17)21-19(25)16-10-11-18(24)23(22-16)12-13-6-8-14(20)9-7-13/h2-11H,12H2,1H3,(H,21,25). The van der Waals surface area contributed by atoms with Gasteiger partial charge in [0.25, 0.3) is 11.5 Å². The van der Waals surface area contributed by atoms with Crippen molar-refractivity contribution in [2.24, 2.45) is 0 Å². The summed E-state index contributed by atoms with van der Waals surface area (Å²) >= 11 is 0. The lowest BCUT2D eigenvalue weighted by Gasteiger charge is -2.10. The number of nitrogens with one attached hydrogen (secondary N) is 1. The number of aromatic nitrogens is 2. The number of carbonyl (C=O) groups excluding carboxylic acids is 1. The molecule has 0 spiro atoms. The zero-order valence-corrected chi connectivity index (χ0v) is 14.0. The second-order valence-electron chi connectivity index (χ2n) is 5.50. The van der Waals surface area contributed by atoms with Crippen molar-refractivity contribution in [1.82, 2.24) is 9.78 Å². The third-order valence-corrected chi connectivity index (χ3v) is 3.70. The molecule has 3 rings (SSSR count). The first kappa shape index (κ1) is 17.3. The molecule has 132 valence electrons. The molecule has 0 aliphatic carbocycles. The molecule has 1 N–H and O–H groups in total. The van der Waals surface area contributed by atoms with Crippen molar-refractivity contribution < 1.29 is 13.9 Å². The molecule has 2 aromatic carbocycles. The van der Waals surface area contributed by atoms with Crippen LogP contribution < -0.4 is 15.6 Å². The second-order valence-corrected chi connectivity index (χ2v) is 5.50. The molecule has 0 unspecified atom stereocenters. The fourth-order valence-corrected chi connectivity index (χ4v) is 2.38. The summed E-state index contributed by atoms with van der Waals surface area (Å²) in [5, 5.41) is 6.80. The number of hydrogen-bond acceptors (Lipinski definition) is 4. The molecule has 1 heterocycles. The molecule has 26 heavy (non-hydrogen) atoms. The van der Waals surface area contributed by atoms with Crippen LogP contribution in [0.5, 0.6) is 5.75 Å². The summed E-state index contributed by atoms with van der Waals surface area (Å²) in [4.78, 5) is 24.4. The van der Waals surface area contributed by atoms with Crippen LogP contribution in [0.25, 0.3) is 0 Å². The number of methoxy groups -OCH3 is 1. The van der Waals surface area contributed by atoms with Gasteiger partial charge < -0.3 is 10.1 Å². The lowest BCUT2D eigenvalue weighted by atomic mass is 10.2. The maximum atomic E-state index is 13.0. The average Bonchev–Trinajstić information content (AvgIpc) is 2.65. The van der Waals surface area contributed by atoms with Gasteiger partial charge in [0.05, 0.1) is 19.3 Å². The number of nitrogens with zero attached hydrogens (tertiary/aromatic N) is 2. The fraction of sp³-hybridized carbons (Fsp3) is 0.105. The highest BCUT2D eigenvalue weighted by Crippen LogP contribution is 2.23. The van der Waals surface area contributed by atoms with Gasteiger partial charge in [0.2, 0.25) is 0 Å². The van der Waals surface area contributed by atoms with Crippen LogP contribution in [-0.4, -0.2) is 22.8 Å². The van der Waals surface area contributed by atoms with Crippen molar-refractivity contribution in [1.29, 1.82) is 0 Å². The van der Waals surface area contributed by atoms with E-state index in [1.165, 1.54) is 31.4 Å². The number of amides is 1. The maximum Gasteiger partial charge on any atom is 0.276 e. The fourth-order valence-electron chi connectivity index (χ4n) is 2.38. The molecule has 6 nitrogen and oxygen atoms in total. The van der Waals surface area contributed by atoms with Gasteiger partial charge in [-0.1, -0.05) is 24.3 Å². The Morgan fingerprint density at radius 2 is 1.85 bits per heavy atom. The number of anilines is 1. The minimum absolute atomic E-state index is 0.0811. The monoisotopic (exact) mass is 353 g/mol. The molecular weight excluding hydrogens is 337 g/mol. The van der Waals surface area contributed by atoms with E-state index in [9.17, 15) is 14.0 Å². The van der Waals surface area contributed by atoms with Crippen LogP contribution in [0.4, 0.5) is 10.1 Å². The summed E-state index contributed by atoms with van der Waals surface area (Å²) in [6.45, 7) is 0.134. The molecule has 0 aliphatic rings. The SMILES string of the molecule is COc1ccccc1NC(=O)c1ccc(=O)n(Cc2ccc(F)cc2)n1. The van der Waals surface area contributed by atoms with Crippen molar-refractivity contribution in [2.75, 3.05) is 12.4 Å². The first-order valence-corrected chi connectivity index (χ1v) is 7.84. The van der Waals surface area contributed by atoms with Crippen molar-refractivity contribution in [3.8, 4) is 5.75 Å². The molecule has 0 saturated heterocycles. The first-order valence-electron chi connectivity index (χ1n) is 7.84. The Kier molecular flexibility index (Phi) is 5.07. The highest BCUT2D eigenvalue weighted by Gasteiger charge is 2.12. The molecule has 0 saturated carbocycles. The number of hydrogen-bond donors (Lipinski definition) is 1. The minimum Gasteiger partial charge on any atom is -0.495 e. The van der Waals surface area contributed by atoms with Crippen LogP contribution in [0.1, 0.15) is 16.1 Å². The predicted molar refractivity (Wildman–Crippen MR) is 94.9 cm³/mol. The van der Waals surface area contributed by atoms with Crippen LogP contribution in [0.2, 0.25) is 0 Å². The third-order valence-electron chi connectivity index (χ3n) is 3.70. The van der Waals surface area contributed by atoms with Crippen LogP contribution in [-0.2, 0) is 6.54 Å². The van der Waals surface area contributed by atoms with Gasteiger partial charge in [-0.15, -0.1) is 0 Å². The van der Waals surface area contributed by atoms with E-state index in [2.05, 4.69) is 10.4 Å². The van der Waals surface area contributed by atoms with Crippen molar-refractivity contribution in [3.05, 3.63) is 88.1 Å². The smallest absolute Gasteiger partial charge is 0.276 e. The second kappa shape index (κ2) is 7.60. The van der Waals surface area contributed by atoms with Gasteiger partial charge >= 0.3 is 0 Å². The molecule has 7 heteroatoms. The molecule has 1 amide bonds. The normalized spacial score (nSPS) is 10.4. The first-order chi connectivity index (χ1) is 12.6. The Balaban J connectivity index is 1.83. The van der Waals surface area contributed by atoms with E-state index in [0.717, 1.165) is 4.68 Å². The Hall–Kier alpha value is -3.48. The highest BCUT2D eigenvalue weighted by atomic mass is 19.1. The maximum absolute atomic E-state index is 13.0. The number of carbonyl (C=O) groups is 1. The van der Waals surface area contributed by atoms with Crippen LogP contribution >= 0.6 is 0 Å². The van der Waals surface area contributed by atoms with E-state index in [1.54, 1.807) is 36.4 Å². The topological polar surface area (TPSA) is 73.2 Å². The van der Waals surface area contributed by atoms with Crippen LogP contribution in [0.3, 0.4) is 0 Å². The Bertz CT molecular complexity index is 984. The summed E-state index contributed by atoms with van der Waals surface area (Å²) in [5.41, 5.74) is 0.919. The summed E-state index contributed by atoms with van der Waals surface area (Å²) in [7, 11) is 1.51. The summed E-state index contributed by atoms with van der Waals surface area (Å²) < 4.78 is 19.3. The van der Waals surface area contributed by atoms with Crippen molar-refractivity contribution >= 4 is 11.6 Å². The van der Waals surface area contributed by atoms with E-state index < -0.39 is 5.91 Å². The van der Waals surface area contributed by atoms with Gasteiger partial charge in [-0.05, 0) is 35.9 Å². The molecule has 1 aromatic heterocycles. The number of ether oxygens (including phenoxy) is 1. The number of para-hydroxylation sites is 2. The minimum atomic E-state index is -0.470. The molecule has 3 aromatic rings. The van der Waals surface area contributed by atoms with Gasteiger partial charge in [0.15, 0.2) is 0 Å². The summed E-state index contributed by atoms with van der Waals surface area (Å²) in [5.74, 6) is -0.318. The van der Waals surface area contributed by atoms with Gasteiger partial charge in [0, 0.05) is 6.07 Å². The largest absolute Gasteiger partial charge is 0.495 e. The molecule has 0 aliphatic heterocycles. The zero-order valence-electron chi connectivity index (χ0n) is 14.0. The van der Waals surface area contributed by atoms with E-state index in [-0.39, 0.29) is 23.6 Å². The number of rotatable bonds is 5. The lowest BCUT2D eigenvalue weighted by molar-refractivity contribution is 0.101. The summed E-state index contributed by atoms with van der Waals surface area (Å²) in [6, 6.07) is 15.3. The Morgan fingerprint density at radius 1 is 1.12 bits per heavy atom.